The van der Waals surface area contributed by atoms with Crippen molar-refractivity contribution < 1.29 is 19.1 Å². The number of rotatable bonds is 6. The van der Waals surface area contributed by atoms with Gasteiger partial charge in [-0.1, -0.05) is 23.3 Å². The van der Waals surface area contributed by atoms with Crippen LogP contribution in [-0.4, -0.2) is 30.9 Å². The molecular formula is C20H22N2O4. The van der Waals surface area contributed by atoms with E-state index in [4.69, 9.17) is 4.74 Å². The lowest BCUT2D eigenvalue weighted by Crippen LogP contribution is -2.23. The largest absolute Gasteiger partial charge is 0.452 e. The van der Waals surface area contributed by atoms with Crippen LogP contribution in [0, 0.1) is 13.8 Å². The maximum absolute atomic E-state index is 12.1. The smallest absolute Gasteiger partial charge is 0.338 e. The number of anilines is 1. The van der Waals surface area contributed by atoms with Gasteiger partial charge in [-0.3, -0.25) is 9.59 Å². The minimum absolute atomic E-state index is 0.218. The number of hydrogen-bond donors (Lipinski definition) is 2. The fraction of sp³-hybridized carbons (Fsp3) is 0.250. The molecule has 0 radical (unpaired) electrons. The van der Waals surface area contributed by atoms with Crippen LogP contribution in [0.4, 0.5) is 5.69 Å². The average Bonchev–Trinajstić information content (AvgIpc) is 2.59. The highest BCUT2D eigenvalue weighted by Gasteiger charge is 2.12. The maximum Gasteiger partial charge on any atom is 0.338 e. The fourth-order valence-electron chi connectivity index (χ4n) is 2.50. The van der Waals surface area contributed by atoms with Crippen molar-refractivity contribution in [1.29, 1.82) is 0 Å². The van der Waals surface area contributed by atoms with Crippen LogP contribution in [0.3, 0.4) is 0 Å². The molecule has 6 heteroatoms. The zero-order valence-corrected chi connectivity index (χ0v) is 15.1. The van der Waals surface area contributed by atoms with E-state index in [0.717, 1.165) is 11.1 Å². The van der Waals surface area contributed by atoms with Crippen molar-refractivity contribution in [2.24, 2.45) is 0 Å². The SMILES string of the molecule is CCNC(=O)c1cccc(NC(=O)COC(=O)c2cc(C)cc(C)c2)c1. The molecule has 0 aliphatic rings. The van der Waals surface area contributed by atoms with Crippen molar-refractivity contribution in [3.05, 3.63) is 64.7 Å². The molecular weight excluding hydrogens is 332 g/mol. The third kappa shape index (κ3) is 5.44. The Balaban J connectivity index is 1.93. The second kappa shape index (κ2) is 8.80. The third-order valence-corrected chi connectivity index (χ3v) is 3.54. The first-order valence-corrected chi connectivity index (χ1v) is 8.32. The van der Waals surface area contributed by atoms with Crippen molar-refractivity contribution in [1.82, 2.24) is 5.32 Å². The lowest BCUT2D eigenvalue weighted by atomic mass is 10.1. The van der Waals surface area contributed by atoms with E-state index in [0.29, 0.717) is 23.4 Å². The summed E-state index contributed by atoms with van der Waals surface area (Å²) in [5, 5.41) is 5.30. The molecule has 2 aromatic rings. The van der Waals surface area contributed by atoms with Crippen LogP contribution in [0.15, 0.2) is 42.5 Å². The van der Waals surface area contributed by atoms with Crippen LogP contribution in [0.5, 0.6) is 0 Å². The number of carbonyl (C=O) groups excluding carboxylic acids is 3. The molecule has 2 aromatic carbocycles. The molecule has 2 N–H and O–H groups in total. The molecule has 26 heavy (non-hydrogen) atoms. The zero-order chi connectivity index (χ0) is 19.1. The van der Waals surface area contributed by atoms with E-state index < -0.39 is 18.5 Å². The summed E-state index contributed by atoms with van der Waals surface area (Å²) >= 11 is 0. The predicted molar refractivity (Wildman–Crippen MR) is 99.3 cm³/mol. The summed E-state index contributed by atoms with van der Waals surface area (Å²) in [6.45, 7) is 5.71. The minimum atomic E-state index is -0.553. The van der Waals surface area contributed by atoms with Crippen LogP contribution < -0.4 is 10.6 Å². The molecule has 0 heterocycles. The van der Waals surface area contributed by atoms with E-state index in [1.807, 2.05) is 26.8 Å². The molecule has 0 saturated heterocycles. The van der Waals surface area contributed by atoms with Gasteiger partial charge in [0.05, 0.1) is 5.56 Å². The van der Waals surface area contributed by atoms with Gasteiger partial charge >= 0.3 is 5.97 Å². The maximum atomic E-state index is 12.1. The molecule has 0 saturated carbocycles. The second-order valence-corrected chi connectivity index (χ2v) is 5.94. The first-order chi connectivity index (χ1) is 12.4. The lowest BCUT2D eigenvalue weighted by Gasteiger charge is -2.09. The number of aryl methyl sites for hydroxylation is 2. The Labute approximate surface area is 152 Å². The van der Waals surface area contributed by atoms with Gasteiger partial charge in [-0.2, -0.15) is 0 Å². The summed E-state index contributed by atoms with van der Waals surface area (Å²) in [7, 11) is 0. The molecule has 0 aromatic heterocycles. The van der Waals surface area contributed by atoms with Gasteiger partial charge in [0.25, 0.3) is 11.8 Å². The number of nitrogens with one attached hydrogen (secondary N) is 2. The number of hydrogen-bond acceptors (Lipinski definition) is 4. The monoisotopic (exact) mass is 354 g/mol. The molecule has 0 fully saturated rings. The molecule has 0 bridgehead atoms. The van der Waals surface area contributed by atoms with E-state index in [-0.39, 0.29) is 5.91 Å². The van der Waals surface area contributed by atoms with Gasteiger partial charge in [0, 0.05) is 17.8 Å². The van der Waals surface area contributed by atoms with Crippen molar-refractivity contribution in [2.45, 2.75) is 20.8 Å². The molecule has 6 nitrogen and oxygen atoms in total. The van der Waals surface area contributed by atoms with Crippen molar-refractivity contribution in [2.75, 3.05) is 18.5 Å². The number of carbonyl (C=O) groups is 3. The Morgan fingerprint density at radius 1 is 0.962 bits per heavy atom. The van der Waals surface area contributed by atoms with Gasteiger partial charge in [-0.25, -0.2) is 4.79 Å². The minimum Gasteiger partial charge on any atom is -0.452 e. The van der Waals surface area contributed by atoms with Crippen LogP contribution in [0.25, 0.3) is 0 Å². The number of ether oxygens (including phenoxy) is 1. The highest BCUT2D eigenvalue weighted by Crippen LogP contribution is 2.12. The molecule has 0 atom stereocenters. The summed E-state index contributed by atoms with van der Waals surface area (Å²) in [5.74, 6) is -1.25. The summed E-state index contributed by atoms with van der Waals surface area (Å²) in [6.07, 6.45) is 0. The summed E-state index contributed by atoms with van der Waals surface area (Å²) in [6, 6.07) is 11.9. The Kier molecular flexibility index (Phi) is 6.49. The summed E-state index contributed by atoms with van der Waals surface area (Å²) < 4.78 is 5.06. The van der Waals surface area contributed by atoms with Gasteiger partial charge < -0.3 is 15.4 Å². The quantitative estimate of drug-likeness (QED) is 0.781. The molecule has 2 rings (SSSR count). The highest BCUT2D eigenvalue weighted by atomic mass is 16.5. The molecule has 0 aliphatic heterocycles. The van der Waals surface area contributed by atoms with E-state index in [1.165, 1.54) is 0 Å². The van der Waals surface area contributed by atoms with Gasteiger partial charge in [-0.15, -0.1) is 0 Å². The van der Waals surface area contributed by atoms with Crippen LogP contribution >= 0.6 is 0 Å². The van der Waals surface area contributed by atoms with Crippen LogP contribution in [0.1, 0.15) is 38.8 Å². The Bertz CT molecular complexity index is 810. The molecule has 0 unspecified atom stereocenters. The Hall–Kier alpha value is -3.15. The Morgan fingerprint density at radius 3 is 2.31 bits per heavy atom. The normalized spacial score (nSPS) is 10.1. The molecule has 0 spiro atoms. The van der Waals surface area contributed by atoms with Crippen LogP contribution in [0.2, 0.25) is 0 Å². The predicted octanol–water partition coefficient (Wildman–Crippen LogP) is 2.85. The van der Waals surface area contributed by atoms with E-state index in [2.05, 4.69) is 10.6 Å². The number of esters is 1. The fourth-order valence-corrected chi connectivity index (χ4v) is 2.50. The van der Waals surface area contributed by atoms with E-state index in [9.17, 15) is 14.4 Å². The molecule has 2 amide bonds. The molecule has 136 valence electrons. The van der Waals surface area contributed by atoms with E-state index in [1.54, 1.807) is 36.4 Å². The van der Waals surface area contributed by atoms with Crippen molar-refractivity contribution >= 4 is 23.5 Å². The second-order valence-electron chi connectivity index (χ2n) is 5.94. The first-order valence-electron chi connectivity index (χ1n) is 8.32. The topological polar surface area (TPSA) is 84.5 Å². The summed E-state index contributed by atoms with van der Waals surface area (Å²) in [4.78, 5) is 35.9. The first kappa shape index (κ1) is 19.2. The zero-order valence-electron chi connectivity index (χ0n) is 15.1. The van der Waals surface area contributed by atoms with Crippen molar-refractivity contribution in [3.63, 3.8) is 0 Å². The van der Waals surface area contributed by atoms with E-state index >= 15 is 0 Å². The number of amides is 2. The third-order valence-electron chi connectivity index (χ3n) is 3.54. The summed E-state index contributed by atoms with van der Waals surface area (Å²) in [5.41, 5.74) is 3.21. The Morgan fingerprint density at radius 2 is 1.65 bits per heavy atom. The van der Waals surface area contributed by atoms with Gasteiger partial charge in [-0.05, 0) is 51.1 Å². The van der Waals surface area contributed by atoms with Crippen LogP contribution in [-0.2, 0) is 9.53 Å². The van der Waals surface area contributed by atoms with Gasteiger partial charge in [0.2, 0.25) is 0 Å². The number of benzene rings is 2. The molecule has 0 aliphatic carbocycles. The standard InChI is InChI=1S/C20H22N2O4/c1-4-21-19(24)15-6-5-7-17(11-15)22-18(23)12-26-20(25)16-9-13(2)8-14(3)10-16/h5-11H,4,12H2,1-3H3,(H,21,24)(H,22,23). The average molecular weight is 354 g/mol. The van der Waals surface area contributed by atoms with Gasteiger partial charge in [0.1, 0.15) is 0 Å². The van der Waals surface area contributed by atoms with Crippen molar-refractivity contribution in [3.8, 4) is 0 Å². The highest BCUT2D eigenvalue weighted by molar-refractivity contribution is 5.98. The lowest BCUT2D eigenvalue weighted by molar-refractivity contribution is -0.119. The van der Waals surface area contributed by atoms with Gasteiger partial charge in [0.15, 0.2) is 6.61 Å².